The van der Waals surface area contributed by atoms with Gasteiger partial charge in [0.1, 0.15) is 6.54 Å². The minimum absolute atomic E-state index is 0.0383. The van der Waals surface area contributed by atoms with Gasteiger partial charge in [0.05, 0.1) is 11.9 Å². The van der Waals surface area contributed by atoms with Crippen LogP contribution in [0.5, 0.6) is 0 Å². The summed E-state index contributed by atoms with van der Waals surface area (Å²) in [7, 11) is 1.91. The molecule has 0 unspecified atom stereocenters. The number of ketones is 1. The molecule has 0 bridgehead atoms. The number of hydrogen-bond donors (Lipinski definition) is 0. The van der Waals surface area contributed by atoms with Gasteiger partial charge in [0.25, 0.3) is 5.56 Å². The van der Waals surface area contributed by atoms with Crippen molar-refractivity contribution < 1.29 is 4.79 Å². The van der Waals surface area contributed by atoms with Gasteiger partial charge in [-0.2, -0.15) is 5.10 Å². The average molecular weight is 223 g/mol. The van der Waals surface area contributed by atoms with E-state index in [1.807, 2.05) is 11.9 Å². The average Bonchev–Trinajstić information content (AvgIpc) is 2.20. The van der Waals surface area contributed by atoms with Gasteiger partial charge in [-0.1, -0.05) is 6.92 Å². The van der Waals surface area contributed by atoms with E-state index in [1.165, 1.54) is 17.7 Å². The lowest BCUT2D eigenvalue weighted by Crippen LogP contribution is -2.27. The lowest BCUT2D eigenvalue weighted by molar-refractivity contribution is -0.117. The first-order valence-electron chi connectivity index (χ1n) is 5.32. The molecule has 1 aromatic heterocycles. The van der Waals surface area contributed by atoms with Crippen LogP contribution in [0.1, 0.15) is 20.3 Å². The Balaban J connectivity index is 2.90. The molecule has 0 radical (unpaired) electrons. The number of anilines is 1. The van der Waals surface area contributed by atoms with Gasteiger partial charge < -0.3 is 4.90 Å². The lowest BCUT2D eigenvalue weighted by atomic mass is 10.3. The topological polar surface area (TPSA) is 55.2 Å². The molecule has 0 aromatic carbocycles. The molecule has 1 aromatic rings. The lowest BCUT2D eigenvalue weighted by Gasteiger charge is -2.17. The third-order valence-corrected chi connectivity index (χ3v) is 2.23. The zero-order chi connectivity index (χ0) is 12.1. The standard InChI is InChI=1S/C11H17N3O2/c1-4-5-13(3)10-6-11(16)14(12-7-10)8-9(2)15/h6-7H,4-5,8H2,1-3H3. The van der Waals surface area contributed by atoms with Crippen molar-refractivity contribution in [2.45, 2.75) is 26.8 Å². The molecule has 0 atom stereocenters. The monoisotopic (exact) mass is 223 g/mol. The van der Waals surface area contributed by atoms with E-state index >= 15 is 0 Å². The van der Waals surface area contributed by atoms with Gasteiger partial charge >= 0.3 is 0 Å². The smallest absolute Gasteiger partial charge is 0.269 e. The molecule has 0 saturated carbocycles. The summed E-state index contributed by atoms with van der Waals surface area (Å²) in [5.74, 6) is -0.0794. The van der Waals surface area contributed by atoms with Crippen molar-refractivity contribution in [2.75, 3.05) is 18.5 Å². The Hall–Kier alpha value is -1.65. The molecule has 0 aliphatic carbocycles. The molecule has 1 rings (SSSR count). The first kappa shape index (κ1) is 12.4. The Kier molecular flexibility index (Phi) is 4.22. The number of hydrogen-bond acceptors (Lipinski definition) is 4. The van der Waals surface area contributed by atoms with Crippen LogP contribution in [-0.4, -0.2) is 29.2 Å². The molecule has 0 aliphatic heterocycles. The number of carbonyl (C=O) groups is 1. The second-order valence-corrected chi connectivity index (χ2v) is 3.83. The van der Waals surface area contributed by atoms with Crippen LogP contribution in [0.4, 0.5) is 5.69 Å². The molecule has 5 nitrogen and oxygen atoms in total. The zero-order valence-electron chi connectivity index (χ0n) is 9.93. The second kappa shape index (κ2) is 5.44. The van der Waals surface area contributed by atoms with Crippen molar-refractivity contribution >= 4 is 11.5 Å². The molecule has 0 amide bonds. The number of Topliss-reactive ketones (excluding diaryl/α,β-unsaturated/α-hetero) is 1. The summed E-state index contributed by atoms with van der Waals surface area (Å²) < 4.78 is 1.17. The van der Waals surface area contributed by atoms with E-state index in [0.717, 1.165) is 18.7 Å². The molecule has 0 spiro atoms. The number of rotatable bonds is 5. The molecule has 88 valence electrons. The highest BCUT2D eigenvalue weighted by molar-refractivity contribution is 5.75. The molecule has 16 heavy (non-hydrogen) atoms. The van der Waals surface area contributed by atoms with Crippen molar-refractivity contribution in [3.63, 3.8) is 0 Å². The van der Waals surface area contributed by atoms with Gasteiger partial charge in [-0.05, 0) is 13.3 Å². The van der Waals surface area contributed by atoms with Crippen molar-refractivity contribution in [2.24, 2.45) is 0 Å². The Bertz CT molecular complexity index is 425. The van der Waals surface area contributed by atoms with Crippen LogP contribution in [0.25, 0.3) is 0 Å². The molecular formula is C11H17N3O2. The summed E-state index contributed by atoms with van der Waals surface area (Å²) in [6, 6.07) is 1.51. The summed E-state index contributed by atoms with van der Waals surface area (Å²) in [5.41, 5.74) is 0.544. The van der Waals surface area contributed by atoms with Crippen molar-refractivity contribution in [3.05, 3.63) is 22.6 Å². The molecule has 0 aliphatic rings. The molecule has 1 heterocycles. The predicted octanol–water partition coefficient (Wildman–Crippen LogP) is 0.678. The summed E-state index contributed by atoms with van der Waals surface area (Å²) in [5, 5.41) is 3.96. The molecule has 0 N–H and O–H groups in total. The van der Waals surface area contributed by atoms with Crippen LogP contribution in [0, 0.1) is 0 Å². The van der Waals surface area contributed by atoms with Gasteiger partial charge in [0.2, 0.25) is 0 Å². The van der Waals surface area contributed by atoms with E-state index in [9.17, 15) is 9.59 Å². The van der Waals surface area contributed by atoms with Crippen LogP contribution < -0.4 is 10.5 Å². The van der Waals surface area contributed by atoms with Crippen LogP contribution >= 0.6 is 0 Å². The van der Waals surface area contributed by atoms with Crippen LogP contribution in [-0.2, 0) is 11.3 Å². The minimum Gasteiger partial charge on any atom is -0.373 e. The Morgan fingerprint density at radius 3 is 2.75 bits per heavy atom. The minimum atomic E-state index is -0.240. The van der Waals surface area contributed by atoms with Gasteiger partial charge in [-0.3, -0.25) is 9.59 Å². The molecule has 5 heteroatoms. The van der Waals surface area contributed by atoms with Gasteiger partial charge in [0, 0.05) is 19.7 Å². The summed E-state index contributed by atoms with van der Waals surface area (Å²) in [4.78, 5) is 24.4. The SMILES string of the molecule is CCCN(C)c1cnn(CC(C)=O)c(=O)c1. The second-order valence-electron chi connectivity index (χ2n) is 3.83. The number of aromatic nitrogens is 2. The van der Waals surface area contributed by atoms with Crippen molar-refractivity contribution in [1.29, 1.82) is 0 Å². The van der Waals surface area contributed by atoms with Crippen LogP contribution in [0.3, 0.4) is 0 Å². The van der Waals surface area contributed by atoms with Gasteiger partial charge in [-0.15, -0.1) is 0 Å². The van der Waals surface area contributed by atoms with Gasteiger partial charge in [0.15, 0.2) is 5.78 Å². The maximum absolute atomic E-state index is 11.6. The molecule has 0 fully saturated rings. The highest BCUT2D eigenvalue weighted by Crippen LogP contribution is 2.06. The quantitative estimate of drug-likeness (QED) is 0.736. The summed E-state index contributed by atoms with van der Waals surface area (Å²) in [6.45, 7) is 4.42. The largest absolute Gasteiger partial charge is 0.373 e. The number of carbonyl (C=O) groups excluding carboxylic acids is 1. The van der Waals surface area contributed by atoms with Crippen molar-refractivity contribution in [3.8, 4) is 0 Å². The van der Waals surface area contributed by atoms with E-state index in [2.05, 4.69) is 12.0 Å². The first-order valence-corrected chi connectivity index (χ1v) is 5.32. The zero-order valence-corrected chi connectivity index (χ0v) is 9.93. The fourth-order valence-corrected chi connectivity index (χ4v) is 1.43. The van der Waals surface area contributed by atoms with E-state index in [4.69, 9.17) is 0 Å². The fourth-order valence-electron chi connectivity index (χ4n) is 1.43. The van der Waals surface area contributed by atoms with Crippen LogP contribution in [0.2, 0.25) is 0 Å². The van der Waals surface area contributed by atoms with E-state index in [1.54, 1.807) is 6.20 Å². The molecular weight excluding hydrogens is 206 g/mol. The Morgan fingerprint density at radius 1 is 1.56 bits per heavy atom. The van der Waals surface area contributed by atoms with Crippen LogP contribution in [0.15, 0.2) is 17.1 Å². The highest BCUT2D eigenvalue weighted by atomic mass is 16.1. The third kappa shape index (κ3) is 3.18. The summed E-state index contributed by atoms with van der Waals surface area (Å²) in [6.07, 6.45) is 2.62. The Labute approximate surface area is 94.7 Å². The number of nitrogens with zero attached hydrogens (tertiary/aromatic N) is 3. The summed E-state index contributed by atoms with van der Waals surface area (Å²) >= 11 is 0. The van der Waals surface area contributed by atoms with E-state index in [0.29, 0.717) is 0 Å². The van der Waals surface area contributed by atoms with E-state index < -0.39 is 0 Å². The normalized spacial score (nSPS) is 10.2. The maximum atomic E-state index is 11.6. The first-order chi connectivity index (χ1) is 7.54. The van der Waals surface area contributed by atoms with E-state index in [-0.39, 0.29) is 17.9 Å². The Morgan fingerprint density at radius 2 is 2.25 bits per heavy atom. The molecule has 0 saturated heterocycles. The predicted molar refractivity (Wildman–Crippen MR) is 62.7 cm³/mol. The van der Waals surface area contributed by atoms with Gasteiger partial charge in [-0.25, -0.2) is 4.68 Å². The van der Waals surface area contributed by atoms with Crippen molar-refractivity contribution in [1.82, 2.24) is 9.78 Å². The maximum Gasteiger partial charge on any atom is 0.269 e. The third-order valence-electron chi connectivity index (χ3n) is 2.23. The fraction of sp³-hybridized carbons (Fsp3) is 0.545. The highest BCUT2D eigenvalue weighted by Gasteiger charge is 2.05.